The number of hydrogen-bond donors (Lipinski definition) is 2. The van der Waals surface area contributed by atoms with Gasteiger partial charge in [-0.25, -0.2) is 4.99 Å². The summed E-state index contributed by atoms with van der Waals surface area (Å²) in [5.41, 5.74) is 0.860. The topological polar surface area (TPSA) is 58.1 Å². The van der Waals surface area contributed by atoms with Gasteiger partial charge in [0.1, 0.15) is 0 Å². The molecule has 27 heavy (non-hydrogen) atoms. The average Bonchev–Trinajstić information content (AvgIpc) is 3.04. The van der Waals surface area contributed by atoms with E-state index in [4.69, 9.17) is 9.47 Å². The van der Waals surface area contributed by atoms with Gasteiger partial charge in [0.2, 0.25) is 0 Å². The summed E-state index contributed by atoms with van der Waals surface area (Å²) in [4.78, 5) is 5.96. The first-order valence-corrected chi connectivity index (χ1v) is 8.90. The molecule has 0 aliphatic carbocycles. The Labute approximate surface area is 157 Å². The molecule has 1 aromatic carbocycles. The minimum atomic E-state index is -4.17. The van der Waals surface area contributed by atoms with Crippen LogP contribution in [0.4, 0.5) is 13.2 Å². The monoisotopic (exact) mass is 388 g/mol. The molecule has 0 spiro atoms. The normalized spacial score (nSPS) is 18.4. The molecule has 2 N–H and O–H groups in total. The average molecular weight is 388 g/mol. The summed E-state index contributed by atoms with van der Waals surface area (Å²) < 4.78 is 48.3. The quantitative estimate of drug-likeness (QED) is 0.555. The van der Waals surface area contributed by atoms with Crippen molar-refractivity contribution >= 4 is 5.96 Å². The highest BCUT2D eigenvalue weighted by Crippen LogP contribution is 2.31. The van der Waals surface area contributed by atoms with Crippen LogP contribution in [0, 0.1) is 0 Å². The molecule has 2 rings (SSSR count). The highest BCUT2D eigenvalue weighted by molar-refractivity contribution is 5.80. The molecule has 1 saturated heterocycles. The number of hydrogen-bond acceptors (Lipinski definition) is 4. The third kappa shape index (κ3) is 6.50. The zero-order chi connectivity index (χ0) is 19.9. The summed E-state index contributed by atoms with van der Waals surface area (Å²) in [5, 5.41) is 6.36. The van der Waals surface area contributed by atoms with Gasteiger partial charge in [-0.15, -0.1) is 0 Å². The number of aliphatic imine (C=N–C) groups is 1. The molecule has 1 heterocycles. The van der Waals surface area contributed by atoms with Crippen molar-refractivity contribution in [2.75, 3.05) is 40.4 Å². The van der Waals surface area contributed by atoms with Crippen LogP contribution in [0.1, 0.15) is 18.9 Å². The molecule has 1 aliphatic heterocycles. The van der Waals surface area contributed by atoms with Crippen LogP contribution in [0.15, 0.2) is 23.2 Å². The molecule has 1 atom stereocenters. The second-order valence-corrected chi connectivity index (χ2v) is 6.33. The number of likely N-dealkylation sites (tertiary alicyclic amines) is 1. The van der Waals surface area contributed by atoms with E-state index in [-0.39, 0.29) is 6.04 Å². The fourth-order valence-electron chi connectivity index (χ4n) is 3.10. The maximum Gasteiger partial charge on any atom is 0.401 e. The van der Waals surface area contributed by atoms with Crippen molar-refractivity contribution in [1.29, 1.82) is 0 Å². The number of para-hydroxylation sites is 1. The third-order valence-corrected chi connectivity index (χ3v) is 4.25. The second-order valence-electron chi connectivity index (χ2n) is 6.33. The Balaban J connectivity index is 2.01. The van der Waals surface area contributed by atoms with Gasteiger partial charge in [0.15, 0.2) is 17.5 Å². The number of guanidine groups is 1. The standard InChI is InChI=1S/C18H27F3N4O2/c1-4-22-17(24-14-8-9-25(11-14)12-18(19,20)21)23-10-13-6-5-7-15(26-2)16(13)27-3/h5-7,14H,4,8-12H2,1-3H3,(H2,22,23,24). The van der Waals surface area contributed by atoms with Crippen molar-refractivity contribution in [2.45, 2.75) is 32.1 Å². The number of methoxy groups -OCH3 is 2. The van der Waals surface area contributed by atoms with Crippen LogP contribution in [0.3, 0.4) is 0 Å². The van der Waals surface area contributed by atoms with Crippen molar-refractivity contribution in [3.63, 3.8) is 0 Å². The number of rotatable bonds is 7. The molecule has 152 valence electrons. The van der Waals surface area contributed by atoms with Crippen LogP contribution in [0.2, 0.25) is 0 Å². The highest BCUT2D eigenvalue weighted by atomic mass is 19.4. The van der Waals surface area contributed by atoms with E-state index in [9.17, 15) is 13.2 Å². The van der Waals surface area contributed by atoms with Crippen LogP contribution in [-0.2, 0) is 6.54 Å². The summed E-state index contributed by atoms with van der Waals surface area (Å²) in [5.74, 6) is 1.82. The summed E-state index contributed by atoms with van der Waals surface area (Å²) in [7, 11) is 3.14. The minimum Gasteiger partial charge on any atom is -0.493 e. The van der Waals surface area contributed by atoms with Gasteiger partial charge >= 0.3 is 6.18 Å². The number of alkyl halides is 3. The molecular weight excluding hydrogens is 361 g/mol. The fourth-order valence-corrected chi connectivity index (χ4v) is 3.10. The van der Waals surface area contributed by atoms with Crippen molar-refractivity contribution in [2.24, 2.45) is 4.99 Å². The Hall–Kier alpha value is -2.16. The van der Waals surface area contributed by atoms with E-state index < -0.39 is 12.7 Å². The van der Waals surface area contributed by atoms with E-state index in [2.05, 4.69) is 15.6 Å². The van der Waals surface area contributed by atoms with Gasteiger partial charge < -0.3 is 20.1 Å². The smallest absolute Gasteiger partial charge is 0.401 e. The number of nitrogens with zero attached hydrogens (tertiary/aromatic N) is 2. The zero-order valence-electron chi connectivity index (χ0n) is 15.9. The Morgan fingerprint density at radius 2 is 2.07 bits per heavy atom. The summed E-state index contributed by atoms with van der Waals surface area (Å²) in [6, 6.07) is 5.49. The van der Waals surface area contributed by atoms with Gasteiger partial charge in [0.25, 0.3) is 0 Å². The molecule has 6 nitrogen and oxygen atoms in total. The van der Waals surface area contributed by atoms with Crippen LogP contribution in [0.5, 0.6) is 11.5 Å². The molecule has 1 aromatic rings. The summed E-state index contributed by atoms with van der Waals surface area (Å²) in [6.07, 6.45) is -3.53. The number of nitrogens with one attached hydrogen (secondary N) is 2. The van der Waals surface area contributed by atoms with E-state index in [1.807, 2.05) is 25.1 Å². The van der Waals surface area contributed by atoms with E-state index in [0.717, 1.165) is 5.56 Å². The van der Waals surface area contributed by atoms with Crippen LogP contribution < -0.4 is 20.1 Å². The lowest BCUT2D eigenvalue weighted by Gasteiger charge is -2.20. The number of benzene rings is 1. The number of halogens is 3. The van der Waals surface area contributed by atoms with Crippen LogP contribution in [0.25, 0.3) is 0 Å². The first-order valence-electron chi connectivity index (χ1n) is 8.90. The van der Waals surface area contributed by atoms with E-state index in [1.165, 1.54) is 4.90 Å². The minimum absolute atomic E-state index is 0.0719. The lowest BCUT2D eigenvalue weighted by Crippen LogP contribution is -2.45. The van der Waals surface area contributed by atoms with Gasteiger partial charge in [-0.1, -0.05) is 12.1 Å². The first-order chi connectivity index (χ1) is 12.9. The van der Waals surface area contributed by atoms with E-state index >= 15 is 0 Å². The molecule has 0 radical (unpaired) electrons. The highest BCUT2D eigenvalue weighted by Gasteiger charge is 2.34. The van der Waals surface area contributed by atoms with E-state index in [0.29, 0.717) is 50.1 Å². The fraction of sp³-hybridized carbons (Fsp3) is 0.611. The predicted molar refractivity (Wildman–Crippen MR) is 98.4 cm³/mol. The van der Waals surface area contributed by atoms with Gasteiger partial charge in [-0.2, -0.15) is 13.2 Å². The SMILES string of the molecule is CCNC(=NCc1cccc(OC)c1OC)NC1CCN(CC(F)(F)F)C1. The molecule has 0 aromatic heterocycles. The van der Waals surface area contributed by atoms with Crippen LogP contribution in [-0.4, -0.2) is 63.5 Å². The Morgan fingerprint density at radius 1 is 1.30 bits per heavy atom. The van der Waals surface area contributed by atoms with Gasteiger partial charge in [-0.3, -0.25) is 4.90 Å². The number of ether oxygens (including phenoxy) is 2. The molecule has 1 aliphatic rings. The van der Waals surface area contributed by atoms with Crippen molar-refractivity contribution in [3.8, 4) is 11.5 Å². The second kappa shape index (κ2) is 9.68. The molecule has 0 bridgehead atoms. The first kappa shape index (κ1) is 21.1. The largest absolute Gasteiger partial charge is 0.493 e. The lowest BCUT2D eigenvalue weighted by atomic mass is 10.2. The zero-order valence-corrected chi connectivity index (χ0v) is 15.9. The molecule has 9 heteroatoms. The third-order valence-electron chi connectivity index (χ3n) is 4.25. The van der Waals surface area contributed by atoms with Gasteiger partial charge in [0, 0.05) is 31.2 Å². The van der Waals surface area contributed by atoms with Crippen molar-refractivity contribution in [3.05, 3.63) is 23.8 Å². The summed E-state index contributed by atoms with van der Waals surface area (Å²) in [6.45, 7) is 2.83. The predicted octanol–water partition coefficient (Wildman–Crippen LogP) is 2.40. The molecule has 1 unspecified atom stereocenters. The van der Waals surface area contributed by atoms with E-state index in [1.54, 1.807) is 14.2 Å². The molecule has 1 fully saturated rings. The van der Waals surface area contributed by atoms with Crippen molar-refractivity contribution < 1.29 is 22.6 Å². The van der Waals surface area contributed by atoms with Crippen LogP contribution >= 0.6 is 0 Å². The Kier molecular flexibility index (Phi) is 7.58. The van der Waals surface area contributed by atoms with Gasteiger partial charge in [-0.05, 0) is 19.4 Å². The van der Waals surface area contributed by atoms with Gasteiger partial charge in [0.05, 0.1) is 27.3 Å². The molecular formula is C18H27F3N4O2. The Bertz CT molecular complexity index is 638. The maximum absolute atomic E-state index is 12.5. The molecule has 0 amide bonds. The molecule has 0 saturated carbocycles. The summed E-state index contributed by atoms with van der Waals surface area (Å²) >= 11 is 0. The van der Waals surface area contributed by atoms with Crippen molar-refractivity contribution in [1.82, 2.24) is 15.5 Å². The Morgan fingerprint density at radius 3 is 2.70 bits per heavy atom. The maximum atomic E-state index is 12.5. The lowest BCUT2D eigenvalue weighted by molar-refractivity contribution is -0.143.